The lowest BCUT2D eigenvalue weighted by Gasteiger charge is -2.11. The van der Waals surface area contributed by atoms with Crippen molar-refractivity contribution in [3.05, 3.63) is 45.0 Å². The molecule has 8 nitrogen and oxygen atoms in total. The first kappa shape index (κ1) is 21.1. The summed E-state index contributed by atoms with van der Waals surface area (Å²) >= 11 is 4.22. The van der Waals surface area contributed by atoms with Crippen LogP contribution in [0.15, 0.2) is 33.9 Å². The van der Waals surface area contributed by atoms with Crippen LogP contribution in [-0.4, -0.2) is 44.2 Å². The fraction of sp³-hybridized carbons (Fsp3) is 0.263. The Morgan fingerprint density at radius 3 is 2.59 bits per heavy atom. The number of hydrogen-bond donors (Lipinski definition) is 2. The number of thioether (sulfide) groups is 1. The third-order valence-electron chi connectivity index (χ3n) is 3.87. The minimum absolute atomic E-state index is 0.0587. The van der Waals surface area contributed by atoms with Crippen LogP contribution in [0.25, 0.3) is 6.08 Å². The maximum absolute atomic E-state index is 12.1. The van der Waals surface area contributed by atoms with Gasteiger partial charge in [0.15, 0.2) is 11.5 Å². The highest BCUT2D eigenvalue weighted by atomic mass is 79.9. The number of anilines is 1. The Bertz CT molecular complexity index is 979. The number of halogens is 1. The molecule has 1 saturated heterocycles. The first-order valence-corrected chi connectivity index (χ1v) is 10.3. The highest BCUT2D eigenvalue weighted by Crippen LogP contribution is 2.37. The van der Waals surface area contributed by atoms with Crippen LogP contribution in [-0.2, 0) is 11.4 Å². The smallest absolute Gasteiger partial charge is 0.293 e. The first-order chi connectivity index (χ1) is 13.7. The number of carbonyl (C=O) groups excluding carboxylic acids is 2. The Hall–Kier alpha value is -2.59. The number of phenolic OH excluding ortho intramolecular Hbond substituents is 1. The Morgan fingerprint density at radius 2 is 2.00 bits per heavy atom. The fourth-order valence-electron chi connectivity index (χ4n) is 2.39. The van der Waals surface area contributed by atoms with Crippen LogP contribution < -0.4 is 10.1 Å². The van der Waals surface area contributed by atoms with E-state index in [0.29, 0.717) is 20.9 Å². The number of phenols is 1. The minimum atomic E-state index is -0.366. The molecule has 3 rings (SSSR count). The van der Waals surface area contributed by atoms with E-state index in [-0.39, 0.29) is 35.3 Å². The van der Waals surface area contributed by atoms with Gasteiger partial charge in [0, 0.05) is 35.5 Å². The van der Waals surface area contributed by atoms with E-state index in [1.807, 2.05) is 13.8 Å². The Balaban J connectivity index is 1.76. The molecule has 2 amide bonds. The van der Waals surface area contributed by atoms with E-state index in [0.717, 1.165) is 22.2 Å². The van der Waals surface area contributed by atoms with Crippen LogP contribution in [0.3, 0.4) is 0 Å². The normalized spacial score (nSPS) is 15.5. The molecule has 0 spiro atoms. The number of nitrogens with zero attached hydrogens (tertiary/aromatic N) is 3. The number of carbonyl (C=O) groups is 2. The van der Waals surface area contributed by atoms with Crippen molar-refractivity contribution in [2.75, 3.05) is 12.4 Å². The second-order valence-electron chi connectivity index (χ2n) is 6.58. The van der Waals surface area contributed by atoms with Crippen LogP contribution in [0.1, 0.15) is 25.0 Å². The van der Waals surface area contributed by atoms with Gasteiger partial charge >= 0.3 is 0 Å². The topological polar surface area (TPSA) is 105 Å². The van der Waals surface area contributed by atoms with Crippen molar-refractivity contribution in [3.63, 3.8) is 0 Å². The average Bonchev–Trinajstić information content (AvgIpc) is 2.90. The number of aromatic nitrogens is 2. The quantitative estimate of drug-likeness (QED) is 0.599. The molecule has 1 aromatic heterocycles. The number of ether oxygens (including phenoxy) is 1. The summed E-state index contributed by atoms with van der Waals surface area (Å²) in [6.07, 6.45) is 4.87. The molecule has 0 atom stereocenters. The van der Waals surface area contributed by atoms with Crippen molar-refractivity contribution >= 4 is 50.9 Å². The molecule has 1 aliphatic heterocycles. The summed E-state index contributed by atoms with van der Waals surface area (Å²) < 4.78 is 6.27. The SMILES string of the molecule is CC(C)Nc1ncc(COc2cc(/C=C3\SC(=O)N(C)C3=O)c(Br)cc2O)cn1. The van der Waals surface area contributed by atoms with Crippen molar-refractivity contribution in [1.82, 2.24) is 14.9 Å². The number of rotatable bonds is 6. The molecule has 0 saturated carbocycles. The van der Waals surface area contributed by atoms with Crippen molar-refractivity contribution in [2.24, 2.45) is 0 Å². The van der Waals surface area contributed by atoms with Gasteiger partial charge in [-0.15, -0.1) is 0 Å². The largest absolute Gasteiger partial charge is 0.504 e. The summed E-state index contributed by atoms with van der Waals surface area (Å²) in [5.41, 5.74) is 1.33. The molecular weight excluding hydrogens is 460 g/mol. The molecule has 29 heavy (non-hydrogen) atoms. The second kappa shape index (κ2) is 8.83. The molecule has 152 valence electrons. The minimum Gasteiger partial charge on any atom is -0.504 e. The molecule has 1 aromatic carbocycles. The molecule has 1 fully saturated rings. The number of amides is 2. The molecule has 10 heteroatoms. The van der Waals surface area contributed by atoms with Gasteiger partial charge in [0.2, 0.25) is 5.95 Å². The van der Waals surface area contributed by atoms with Gasteiger partial charge in [-0.1, -0.05) is 15.9 Å². The summed E-state index contributed by atoms with van der Waals surface area (Å²) in [7, 11) is 1.43. The average molecular weight is 479 g/mol. The van der Waals surface area contributed by atoms with Gasteiger partial charge in [-0.2, -0.15) is 0 Å². The van der Waals surface area contributed by atoms with Gasteiger partial charge in [0.25, 0.3) is 11.1 Å². The molecule has 1 aliphatic rings. The highest BCUT2D eigenvalue weighted by molar-refractivity contribution is 9.10. The summed E-state index contributed by atoms with van der Waals surface area (Å²) in [6, 6.07) is 3.30. The molecule has 2 N–H and O–H groups in total. The highest BCUT2D eigenvalue weighted by Gasteiger charge is 2.32. The van der Waals surface area contributed by atoms with Gasteiger partial charge in [-0.25, -0.2) is 9.97 Å². The van der Waals surface area contributed by atoms with Gasteiger partial charge in [-0.3, -0.25) is 14.5 Å². The standard InChI is InChI=1S/C19H19BrN4O4S/c1-10(2)23-18-21-7-11(8-22-18)9-28-15-4-12(13(20)6-14(15)25)5-16-17(26)24(3)19(27)29-16/h4-8,10,25H,9H2,1-3H3,(H,21,22,23)/b16-5-. The lowest BCUT2D eigenvalue weighted by atomic mass is 10.2. The molecule has 2 aromatic rings. The van der Waals surface area contributed by atoms with E-state index in [1.54, 1.807) is 24.5 Å². The number of imide groups is 1. The zero-order chi connectivity index (χ0) is 21.1. The summed E-state index contributed by atoms with van der Waals surface area (Å²) in [6.45, 7) is 4.15. The Morgan fingerprint density at radius 1 is 1.31 bits per heavy atom. The molecular formula is C19H19BrN4O4S. The van der Waals surface area contributed by atoms with Crippen LogP contribution in [0.5, 0.6) is 11.5 Å². The van der Waals surface area contributed by atoms with Gasteiger partial charge in [0.1, 0.15) is 6.61 Å². The van der Waals surface area contributed by atoms with Gasteiger partial charge in [-0.05, 0) is 49.4 Å². The van der Waals surface area contributed by atoms with Crippen LogP contribution in [0.4, 0.5) is 10.7 Å². The van der Waals surface area contributed by atoms with Crippen LogP contribution in [0.2, 0.25) is 0 Å². The molecule has 0 unspecified atom stereocenters. The first-order valence-electron chi connectivity index (χ1n) is 8.69. The Labute approximate surface area is 180 Å². The number of likely N-dealkylation sites (N-methyl/N-ethyl adjacent to an activating group) is 1. The third-order valence-corrected chi connectivity index (χ3v) is 5.52. The molecule has 0 radical (unpaired) electrons. The predicted octanol–water partition coefficient (Wildman–Crippen LogP) is 4.01. The van der Waals surface area contributed by atoms with E-state index in [4.69, 9.17) is 4.74 Å². The van der Waals surface area contributed by atoms with Crippen molar-refractivity contribution in [1.29, 1.82) is 0 Å². The van der Waals surface area contributed by atoms with Gasteiger partial charge in [0.05, 0.1) is 4.91 Å². The number of hydrogen-bond acceptors (Lipinski definition) is 8. The van der Waals surface area contributed by atoms with E-state index in [1.165, 1.54) is 13.1 Å². The molecule has 2 heterocycles. The maximum Gasteiger partial charge on any atom is 0.293 e. The van der Waals surface area contributed by atoms with Gasteiger partial charge < -0.3 is 15.2 Å². The zero-order valence-corrected chi connectivity index (χ0v) is 18.4. The maximum atomic E-state index is 12.1. The van der Waals surface area contributed by atoms with Crippen molar-refractivity contribution in [2.45, 2.75) is 26.5 Å². The summed E-state index contributed by atoms with van der Waals surface area (Å²) in [5.74, 6) is 0.341. The van der Waals surface area contributed by atoms with E-state index in [9.17, 15) is 14.7 Å². The van der Waals surface area contributed by atoms with Crippen molar-refractivity contribution in [3.8, 4) is 11.5 Å². The number of nitrogens with one attached hydrogen (secondary N) is 1. The number of benzene rings is 1. The Kier molecular flexibility index (Phi) is 6.43. The summed E-state index contributed by atoms with van der Waals surface area (Å²) in [5, 5.41) is 13.0. The predicted molar refractivity (Wildman–Crippen MR) is 115 cm³/mol. The van der Waals surface area contributed by atoms with E-state index in [2.05, 4.69) is 31.2 Å². The van der Waals surface area contributed by atoms with Crippen molar-refractivity contribution < 1.29 is 19.4 Å². The van der Waals surface area contributed by atoms with Crippen LogP contribution >= 0.6 is 27.7 Å². The number of aromatic hydroxyl groups is 1. The zero-order valence-electron chi connectivity index (χ0n) is 16.0. The lowest BCUT2D eigenvalue weighted by molar-refractivity contribution is -0.121. The van der Waals surface area contributed by atoms with E-state index >= 15 is 0 Å². The third kappa shape index (κ3) is 5.07. The monoisotopic (exact) mass is 478 g/mol. The molecule has 0 aliphatic carbocycles. The fourth-order valence-corrected chi connectivity index (χ4v) is 3.66. The van der Waals surface area contributed by atoms with Crippen LogP contribution in [0, 0.1) is 0 Å². The lowest BCUT2D eigenvalue weighted by Crippen LogP contribution is -2.22. The second-order valence-corrected chi connectivity index (χ2v) is 8.43. The van der Waals surface area contributed by atoms with E-state index < -0.39 is 0 Å². The summed E-state index contributed by atoms with van der Waals surface area (Å²) in [4.78, 5) is 33.6. The molecule has 0 bridgehead atoms.